The molecule has 0 aromatic heterocycles. The average Bonchev–Trinajstić information content (AvgIpc) is 2.29. The Kier molecular flexibility index (Phi) is 7.17. The van der Waals surface area contributed by atoms with Crippen LogP contribution in [0.1, 0.15) is 31.9 Å². The maximum atomic E-state index is 3.55. The van der Waals surface area contributed by atoms with E-state index in [0.29, 0.717) is 6.04 Å². The van der Waals surface area contributed by atoms with E-state index in [1.807, 2.05) is 11.8 Å². The molecule has 1 N–H and O–H groups in total. The number of hydrogen-bond donors (Lipinski definition) is 1. The summed E-state index contributed by atoms with van der Waals surface area (Å²) in [6.07, 6.45) is 1.25. The van der Waals surface area contributed by atoms with Crippen LogP contribution in [0.5, 0.6) is 0 Å². The van der Waals surface area contributed by atoms with Crippen molar-refractivity contribution in [1.82, 2.24) is 5.32 Å². The molecule has 90 valence electrons. The molecule has 0 saturated carbocycles. The fourth-order valence-corrected chi connectivity index (χ4v) is 2.41. The Morgan fingerprint density at radius 2 is 2.00 bits per heavy atom. The summed E-state index contributed by atoms with van der Waals surface area (Å²) in [5.41, 5.74) is 1.35. The zero-order valence-electron chi connectivity index (χ0n) is 10.0. The van der Waals surface area contributed by atoms with E-state index in [2.05, 4.69) is 59.4 Å². The largest absolute Gasteiger partial charge is 0.310 e. The second kappa shape index (κ2) is 8.15. The van der Waals surface area contributed by atoms with E-state index in [0.717, 1.165) is 11.0 Å². The summed E-state index contributed by atoms with van der Waals surface area (Å²) in [4.78, 5) is 0. The van der Waals surface area contributed by atoms with Crippen LogP contribution in [-0.2, 0) is 0 Å². The smallest absolute Gasteiger partial charge is 0.0291 e. The first-order valence-corrected chi connectivity index (χ1v) is 7.75. The number of hydrogen-bond acceptors (Lipinski definition) is 2. The van der Waals surface area contributed by atoms with Crippen molar-refractivity contribution in [2.75, 3.05) is 18.1 Å². The van der Waals surface area contributed by atoms with Gasteiger partial charge in [-0.05, 0) is 49.1 Å². The van der Waals surface area contributed by atoms with Gasteiger partial charge in [-0.1, -0.05) is 35.0 Å². The van der Waals surface area contributed by atoms with E-state index >= 15 is 0 Å². The molecule has 3 heteroatoms. The molecule has 0 amide bonds. The first kappa shape index (κ1) is 14.1. The van der Waals surface area contributed by atoms with Gasteiger partial charge in [-0.3, -0.25) is 0 Å². The molecule has 16 heavy (non-hydrogen) atoms. The molecule has 1 nitrogen and oxygen atoms in total. The van der Waals surface area contributed by atoms with Crippen LogP contribution in [0.2, 0.25) is 0 Å². The van der Waals surface area contributed by atoms with Crippen LogP contribution in [0, 0.1) is 0 Å². The van der Waals surface area contributed by atoms with Gasteiger partial charge in [0.15, 0.2) is 0 Å². The van der Waals surface area contributed by atoms with Crippen molar-refractivity contribution < 1.29 is 0 Å². The highest BCUT2D eigenvalue weighted by Crippen LogP contribution is 2.16. The Balaban J connectivity index is 2.24. The highest BCUT2D eigenvalue weighted by Gasteiger charge is 2.03. The zero-order valence-corrected chi connectivity index (χ0v) is 12.4. The molecule has 0 fully saturated rings. The summed E-state index contributed by atoms with van der Waals surface area (Å²) in [5.74, 6) is 2.48. The average molecular weight is 302 g/mol. The lowest BCUT2D eigenvalue weighted by atomic mass is 10.1. The van der Waals surface area contributed by atoms with Crippen molar-refractivity contribution in [3.63, 3.8) is 0 Å². The summed E-state index contributed by atoms with van der Waals surface area (Å²) in [6.45, 7) is 5.53. The fraction of sp³-hybridized carbons (Fsp3) is 0.538. The molecule has 0 aliphatic rings. The van der Waals surface area contributed by atoms with Gasteiger partial charge >= 0.3 is 0 Å². The van der Waals surface area contributed by atoms with E-state index in [1.165, 1.54) is 23.5 Å². The summed E-state index contributed by atoms with van der Waals surface area (Å²) < 4.78 is 1.14. The van der Waals surface area contributed by atoms with Gasteiger partial charge < -0.3 is 5.32 Å². The minimum atomic E-state index is 0.444. The summed E-state index contributed by atoms with van der Waals surface area (Å²) >= 11 is 5.46. The minimum Gasteiger partial charge on any atom is -0.310 e. The molecule has 1 aromatic rings. The normalized spacial score (nSPS) is 12.7. The zero-order chi connectivity index (χ0) is 11.8. The second-order valence-electron chi connectivity index (χ2n) is 3.78. The van der Waals surface area contributed by atoms with Crippen LogP contribution in [0.4, 0.5) is 0 Å². The molecule has 0 unspecified atom stereocenters. The van der Waals surface area contributed by atoms with Crippen molar-refractivity contribution in [3.05, 3.63) is 34.3 Å². The quantitative estimate of drug-likeness (QED) is 0.756. The highest BCUT2D eigenvalue weighted by atomic mass is 79.9. The monoisotopic (exact) mass is 301 g/mol. The molecule has 0 bridgehead atoms. The lowest BCUT2D eigenvalue weighted by molar-refractivity contribution is 0.572. The van der Waals surface area contributed by atoms with Gasteiger partial charge in [-0.25, -0.2) is 0 Å². The van der Waals surface area contributed by atoms with Gasteiger partial charge in [0.2, 0.25) is 0 Å². The molecule has 0 aliphatic heterocycles. The van der Waals surface area contributed by atoms with E-state index in [4.69, 9.17) is 0 Å². The topological polar surface area (TPSA) is 12.0 Å². The highest BCUT2D eigenvalue weighted by molar-refractivity contribution is 9.10. The third-order valence-corrected chi connectivity index (χ3v) is 4.00. The molecule has 1 aromatic carbocycles. The molecule has 1 rings (SSSR count). The Morgan fingerprint density at radius 1 is 1.31 bits per heavy atom. The number of benzene rings is 1. The first-order valence-electron chi connectivity index (χ1n) is 5.80. The lowest BCUT2D eigenvalue weighted by Crippen LogP contribution is -2.20. The first-order chi connectivity index (χ1) is 7.74. The number of halogens is 1. The Bertz CT molecular complexity index is 286. The van der Waals surface area contributed by atoms with Crippen molar-refractivity contribution in [2.45, 2.75) is 26.3 Å². The van der Waals surface area contributed by atoms with E-state index in [-0.39, 0.29) is 0 Å². The van der Waals surface area contributed by atoms with Crippen molar-refractivity contribution in [1.29, 1.82) is 0 Å². The van der Waals surface area contributed by atoms with Crippen LogP contribution >= 0.6 is 27.7 Å². The molecule has 1 atom stereocenters. The van der Waals surface area contributed by atoms with Gasteiger partial charge in [-0.15, -0.1) is 0 Å². The molecular weight excluding hydrogens is 282 g/mol. The fourth-order valence-electron chi connectivity index (χ4n) is 1.51. The van der Waals surface area contributed by atoms with Crippen molar-refractivity contribution in [3.8, 4) is 0 Å². The van der Waals surface area contributed by atoms with E-state index in [9.17, 15) is 0 Å². The number of thioether (sulfide) groups is 1. The summed E-state index contributed by atoms with van der Waals surface area (Å²) in [6, 6.07) is 8.98. The number of nitrogens with one attached hydrogen (secondary N) is 1. The van der Waals surface area contributed by atoms with Crippen LogP contribution in [0.3, 0.4) is 0 Å². The molecule has 0 saturated heterocycles. The van der Waals surface area contributed by atoms with Crippen LogP contribution in [-0.4, -0.2) is 18.1 Å². The van der Waals surface area contributed by atoms with Crippen LogP contribution in [0.15, 0.2) is 28.7 Å². The van der Waals surface area contributed by atoms with Crippen LogP contribution in [0.25, 0.3) is 0 Å². The van der Waals surface area contributed by atoms with Gasteiger partial charge in [0.25, 0.3) is 0 Å². The van der Waals surface area contributed by atoms with Crippen LogP contribution < -0.4 is 5.32 Å². The maximum absolute atomic E-state index is 3.55. The predicted octanol–water partition coefficient (Wildman–Crippen LogP) is 4.24. The SMILES string of the molecule is CCSCCCN[C@H](C)c1ccc(Br)cc1. The number of rotatable bonds is 7. The lowest BCUT2D eigenvalue weighted by Gasteiger charge is -2.14. The minimum absolute atomic E-state index is 0.444. The molecule has 0 spiro atoms. The second-order valence-corrected chi connectivity index (χ2v) is 6.09. The predicted molar refractivity (Wildman–Crippen MR) is 78.2 cm³/mol. The van der Waals surface area contributed by atoms with Crippen molar-refractivity contribution in [2.24, 2.45) is 0 Å². The van der Waals surface area contributed by atoms with Gasteiger partial charge in [0.1, 0.15) is 0 Å². The Hall–Kier alpha value is 0.01000. The third-order valence-electron chi connectivity index (χ3n) is 2.49. The standard InChI is InChI=1S/C13H20BrNS/c1-3-16-10-4-9-15-11(2)12-5-7-13(14)8-6-12/h5-8,11,15H,3-4,9-10H2,1-2H3/t11-/m1/s1. The van der Waals surface area contributed by atoms with E-state index < -0.39 is 0 Å². The molecule has 0 heterocycles. The summed E-state index contributed by atoms with van der Waals surface area (Å²) in [7, 11) is 0. The third kappa shape index (κ3) is 5.37. The van der Waals surface area contributed by atoms with Gasteiger partial charge in [0.05, 0.1) is 0 Å². The maximum Gasteiger partial charge on any atom is 0.0291 e. The molecule has 0 radical (unpaired) electrons. The Labute approximate surface area is 112 Å². The van der Waals surface area contributed by atoms with Gasteiger partial charge in [-0.2, -0.15) is 11.8 Å². The summed E-state index contributed by atoms with van der Waals surface area (Å²) in [5, 5.41) is 3.55. The Morgan fingerprint density at radius 3 is 2.62 bits per heavy atom. The van der Waals surface area contributed by atoms with Gasteiger partial charge in [0, 0.05) is 10.5 Å². The van der Waals surface area contributed by atoms with Crippen molar-refractivity contribution >= 4 is 27.7 Å². The molecule has 0 aliphatic carbocycles. The van der Waals surface area contributed by atoms with E-state index in [1.54, 1.807) is 0 Å². The molecular formula is C13H20BrNS.